The Labute approximate surface area is 210 Å². The molecule has 0 saturated heterocycles. The van der Waals surface area contributed by atoms with E-state index in [0.717, 1.165) is 15.8 Å². The van der Waals surface area contributed by atoms with Crippen molar-refractivity contribution in [3.05, 3.63) is 94.4 Å². The highest BCUT2D eigenvalue weighted by Crippen LogP contribution is 2.30. The first kappa shape index (κ1) is 24.1. The maximum absolute atomic E-state index is 13.3. The molecule has 174 valence electrons. The van der Waals surface area contributed by atoms with Crippen molar-refractivity contribution in [2.45, 2.75) is 11.4 Å². The van der Waals surface area contributed by atoms with Gasteiger partial charge < -0.3 is 15.2 Å². The van der Waals surface area contributed by atoms with E-state index in [4.69, 9.17) is 23.2 Å². The van der Waals surface area contributed by atoms with Gasteiger partial charge in [-0.1, -0.05) is 47.5 Å². The topological polar surface area (TPSA) is 63.1 Å². The Balaban J connectivity index is 1.39. The van der Waals surface area contributed by atoms with Gasteiger partial charge in [-0.3, -0.25) is 9.59 Å². The fourth-order valence-electron chi connectivity index (χ4n) is 3.48. The SMILES string of the molecule is O=C(CSc1cn(CCNC(=O)c2ccc(Cl)cc2Cl)c2ccccc12)Nc1cccc(F)c1. The molecule has 0 fully saturated rings. The van der Waals surface area contributed by atoms with Crippen LogP contribution in [-0.2, 0) is 11.3 Å². The van der Waals surface area contributed by atoms with Gasteiger partial charge in [0.25, 0.3) is 5.91 Å². The van der Waals surface area contributed by atoms with Crippen LogP contribution in [0.1, 0.15) is 10.4 Å². The number of hydrogen-bond donors (Lipinski definition) is 2. The lowest BCUT2D eigenvalue weighted by Crippen LogP contribution is -2.27. The van der Waals surface area contributed by atoms with Crippen LogP contribution >= 0.6 is 35.0 Å². The molecular weight excluding hydrogens is 496 g/mol. The Bertz CT molecular complexity index is 1360. The van der Waals surface area contributed by atoms with Crippen molar-refractivity contribution in [2.24, 2.45) is 0 Å². The predicted octanol–water partition coefficient (Wildman–Crippen LogP) is 6.25. The van der Waals surface area contributed by atoms with Crippen molar-refractivity contribution in [3.63, 3.8) is 0 Å². The van der Waals surface area contributed by atoms with Crippen molar-refractivity contribution in [1.82, 2.24) is 9.88 Å². The van der Waals surface area contributed by atoms with Crippen molar-refractivity contribution < 1.29 is 14.0 Å². The van der Waals surface area contributed by atoms with E-state index in [9.17, 15) is 14.0 Å². The molecule has 0 atom stereocenters. The van der Waals surface area contributed by atoms with Crippen LogP contribution in [0.15, 0.2) is 77.8 Å². The average molecular weight is 516 g/mol. The van der Waals surface area contributed by atoms with E-state index in [1.807, 2.05) is 35.0 Å². The number of carbonyl (C=O) groups excluding carboxylic acids is 2. The van der Waals surface area contributed by atoms with Crippen LogP contribution in [-0.4, -0.2) is 28.7 Å². The maximum atomic E-state index is 13.3. The van der Waals surface area contributed by atoms with Crippen LogP contribution < -0.4 is 10.6 Å². The van der Waals surface area contributed by atoms with Gasteiger partial charge in [-0.25, -0.2) is 4.39 Å². The molecule has 0 aliphatic rings. The van der Waals surface area contributed by atoms with E-state index in [1.54, 1.807) is 24.3 Å². The molecule has 1 heterocycles. The Hall–Kier alpha value is -3.00. The normalized spacial score (nSPS) is 10.9. The monoisotopic (exact) mass is 515 g/mol. The number of nitrogens with one attached hydrogen (secondary N) is 2. The molecule has 4 aromatic rings. The Morgan fingerprint density at radius 1 is 1.00 bits per heavy atom. The maximum Gasteiger partial charge on any atom is 0.252 e. The van der Waals surface area contributed by atoms with Crippen LogP contribution in [0.3, 0.4) is 0 Å². The number of benzene rings is 3. The van der Waals surface area contributed by atoms with Gasteiger partial charge in [-0.05, 0) is 42.5 Å². The average Bonchev–Trinajstić information content (AvgIpc) is 3.15. The van der Waals surface area contributed by atoms with E-state index in [0.29, 0.717) is 34.4 Å². The number of halogens is 3. The largest absolute Gasteiger partial charge is 0.350 e. The molecule has 0 aliphatic heterocycles. The van der Waals surface area contributed by atoms with Gasteiger partial charge in [-0.2, -0.15) is 0 Å². The molecule has 1 aromatic heterocycles. The molecule has 0 radical (unpaired) electrons. The number of fused-ring (bicyclic) bond motifs is 1. The van der Waals surface area contributed by atoms with Gasteiger partial charge >= 0.3 is 0 Å². The summed E-state index contributed by atoms with van der Waals surface area (Å²) in [5.74, 6) is -0.726. The number of thioether (sulfide) groups is 1. The zero-order chi connectivity index (χ0) is 24.1. The lowest BCUT2D eigenvalue weighted by Gasteiger charge is -2.09. The third-order valence-electron chi connectivity index (χ3n) is 5.03. The summed E-state index contributed by atoms with van der Waals surface area (Å²) in [6.45, 7) is 0.925. The smallest absolute Gasteiger partial charge is 0.252 e. The highest BCUT2D eigenvalue weighted by atomic mass is 35.5. The van der Waals surface area contributed by atoms with E-state index in [-0.39, 0.29) is 17.6 Å². The van der Waals surface area contributed by atoms with Crippen molar-refractivity contribution in [1.29, 1.82) is 0 Å². The number of aromatic nitrogens is 1. The van der Waals surface area contributed by atoms with E-state index >= 15 is 0 Å². The van der Waals surface area contributed by atoms with Gasteiger partial charge in [0, 0.05) is 45.8 Å². The minimum atomic E-state index is -0.404. The molecule has 5 nitrogen and oxygen atoms in total. The minimum Gasteiger partial charge on any atom is -0.350 e. The Kier molecular flexibility index (Phi) is 7.77. The molecule has 2 amide bonds. The lowest BCUT2D eigenvalue weighted by molar-refractivity contribution is -0.113. The summed E-state index contributed by atoms with van der Waals surface area (Å²) in [4.78, 5) is 25.7. The van der Waals surface area contributed by atoms with Crippen molar-refractivity contribution in [2.75, 3.05) is 17.6 Å². The Morgan fingerprint density at radius 2 is 1.82 bits per heavy atom. The fourth-order valence-corrected chi connectivity index (χ4v) is 4.86. The standard InChI is InChI=1S/C25H20Cl2FN3O2S/c26-16-8-9-19(21(27)12-16)25(33)29-10-11-31-14-23(20-6-1-2-7-22(20)31)34-15-24(32)30-18-5-3-4-17(28)13-18/h1-9,12-14H,10-11,15H2,(H,29,33)(H,30,32). The van der Waals surface area contributed by atoms with Crippen LogP contribution in [0.25, 0.3) is 10.9 Å². The lowest BCUT2D eigenvalue weighted by atomic mass is 10.2. The summed E-state index contributed by atoms with van der Waals surface area (Å²) in [7, 11) is 0. The molecule has 0 spiro atoms. The number of nitrogens with zero attached hydrogens (tertiary/aromatic N) is 1. The molecule has 0 unspecified atom stereocenters. The fraction of sp³-hybridized carbons (Fsp3) is 0.120. The second kappa shape index (κ2) is 11.0. The second-order valence-corrected chi connectivity index (χ2v) is 9.29. The number of anilines is 1. The summed E-state index contributed by atoms with van der Waals surface area (Å²) in [6.07, 6.45) is 1.96. The summed E-state index contributed by atoms with van der Waals surface area (Å²) in [5, 5.41) is 7.36. The first-order valence-corrected chi connectivity index (χ1v) is 12.1. The predicted molar refractivity (Wildman–Crippen MR) is 136 cm³/mol. The van der Waals surface area contributed by atoms with Crippen LogP contribution in [0.5, 0.6) is 0 Å². The highest BCUT2D eigenvalue weighted by Gasteiger charge is 2.13. The summed E-state index contributed by atoms with van der Waals surface area (Å²) < 4.78 is 15.4. The molecular formula is C25H20Cl2FN3O2S. The molecule has 3 aromatic carbocycles. The number of rotatable bonds is 8. The summed E-state index contributed by atoms with van der Waals surface area (Å²) in [5.41, 5.74) is 1.78. The third kappa shape index (κ3) is 5.91. The zero-order valence-electron chi connectivity index (χ0n) is 17.9. The molecule has 9 heteroatoms. The first-order valence-electron chi connectivity index (χ1n) is 10.4. The molecule has 0 saturated carbocycles. The minimum absolute atomic E-state index is 0.177. The number of hydrogen-bond acceptors (Lipinski definition) is 3. The number of amides is 2. The Morgan fingerprint density at radius 3 is 2.62 bits per heavy atom. The third-order valence-corrected chi connectivity index (χ3v) is 6.62. The first-order chi connectivity index (χ1) is 16.4. The van der Waals surface area contributed by atoms with E-state index in [2.05, 4.69) is 10.6 Å². The van der Waals surface area contributed by atoms with Gasteiger partial charge in [-0.15, -0.1) is 11.8 Å². The molecule has 2 N–H and O–H groups in total. The number of para-hydroxylation sites is 1. The second-order valence-electron chi connectivity index (χ2n) is 7.43. The van der Waals surface area contributed by atoms with Gasteiger partial charge in [0.15, 0.2) is 0 Å². The van der Waals surface area contributed by atoms with Crippen molar-refractivity contribution >= 4 is 63.4 Å². The van der Waals surface area contributed by atoms with E-state index in [1.165, 1.54) is 30.0 Å². The summed E-state index contributed by atoms with van der Waals surface area (Å²) >= 11 is 13.4. The summed E-state index contributed by atoms with van der Waals surface area (Å²) in [6, 6.07) is 18.4. The zero-order valence-corrected chi connectivity index (χ0v) is 20.2. The van der Waals surface area contributed by atoms with Gasteiger partial charge in [0.05, 0.1) is 16.3 Å². The highest BCUT2D eigenvalue weighted by molar-refractivity contribution is 8.00. The molecule has 0 aliphatic carbocycles. The quantitative estimate of drug-likeness (QED) is 0.272. The van der Waals surface area contributed by atoms with Gasteiger partial charge in [0.1, 0.15) is 5.82 Å². The molecule has 34 heavy (non-hydrogen) atoms. The van der Waals surface area contributed by atoms with E-state index < -0.39 is 5.82 Å². The molecule has 4 rings (SSSR count). The molecule has 0 bridgehead atoms. The van der Waals surface area contributed by atoms with Crippen LogP contribution in [0.2, 0.25) is 10.0 Å². The van der Waals surface area contributed by atoms with Gasteiger partial charge in [0.2, 0.25) is 5.91 Å². The van der Waals surface area contributed by atoms with Crippen molar-refractivity contribution in [3.8, 4) is 0 Å². The number of carbonyl (C=O) groups is 2. The van der Waals surface area contributed by atoms with Crippen LogP contribution in [0, 0.1) is 5.82 Å². The van der Waals surface area contributed by atoms with Crippen LogP contribution in [0.4, 0.5) is 10.1 Å².